The van der Waals surface area contributed by atoms with Crippen molar-refractivity contribution in [1.29, 1.82) is 0 Å². The molecule has 1 aromatic rings. The van der Waals surface area contributed by atoms with E-state index < -0.39 is 0 Å². The summed E-state index contributed by atoms with van der Waals surface area (Å²) >= 11 is 5.94. The number of methoxy groups -OCH3 is 1. The van der Waals surface area contributed by atoms with Gasteiger partial charge in [-0.3, -0.25) is 9.69 Å². The van der Waals surface area contributed by atoms with Crippen LogP contribution < -0.4 is 15.8 Å². The van der Waals surface area contributed by atoms with E-state index in [9.17, 15) is 4.79 Å². The molecule has 6 heteroatoms. The fourth-order valence-corrected chi connectivity index (χ4v) is 2.24. The first-order chi connectivity index (χ1) is 9.77. The third-order valence-corrected chi connectivity index (χ3v) is 3.33. The first kappa shape index (κ1) is 17.8. The van der Waals surface area contributed by atoms with Gasteiger partial charge in [-0.2, -0.15) is 0 Å². The van der Waals surface area contributed by atoms with Crippen LogP contribution in [0.4, 0.5) is 5.69 Å². The van der Waals surface area contributed by atoms with E-state index in [2.05, 4.69) is 19.2 Å². The Morgan fingerprint density at radius 3 is 2.71 bits per heavy atom. The molecule has 0 saturated carbocycles. The average Bonchev–Trinajstić information content (AvgIpc) is 2.38. The molecule has 118 valence electrons. The number of amides is 1. The Hall–Kier alpha value is -1.30. The van der Waals surface area contributed by atoms with Crippen molar-refractivity contribution in [3.8, 4) is 5.75 Å². The first-order valence-corrected chi connectivity index (χ1v) is 7.17. The molecule has 1 amide bonds. The Bertz CT molecular complexity index is 492. The Morgan fingerprint density at radius 1 is 1.48 bits per heavy atom. The molecule has 0 aliphatic rings. The van der Waals surface area contributed by atoms with Crippen LogP contribution in [-0.2, 0) is 4.79 Å². The molecule has 1 aromatic carbocycles. The average molecular weight is 314 g/mol. The minimum absolute atomic E-state index is 0.0250. The van der Waals surface area contributed by atoms with Gasteiger partial charge in [-0.25, -0.2) is 0 Å². The molecule has 0 aliphatic heterocycles. The molecule has 0 atom stereocenters. The smallest absolute Gasteiger partial charge is 0.238 e. The van der Waals surface area contributed by atoms with Gasteiger partial charge in [0.2, 0.25) is 5.91 Å². The number of likely N-dealkylation sites (N-methyl/N-ethyl adjacent to an activating group) is 1. The van der Waals surface area contributed by atoms with Crippen molar-refractivity contribution in [2.24, 2.45) is 11.1 Å². The maximum atomic E-state index is 12.1. The summed E-state index contributed by atoms with van der Waals surface area (Å²) in [4.78, 5) is 14.0. The van der Waals surface area contributed by atoms with Crippen molar-refractivity contribution < 1.29 is 9.53 Å². The molecular formula is C15H24ClN3O2. The van der Waals surface area contributed by atoms with Gasteiger partial charge in [-0.1, -0.05) is 25.4 Å². The molecule has 5 nitrogen and oxygen atoms in total. The summed E-state index contributed by atoms with van der Waals surface area (Å²) in [6.45, 7) is 5.73. The molecule has 0 saturated heterocycles. The zero-order valence-electron chi connectivity index (χ0n) is 13.1. The van der Waals surface area contributed by atoms with Crippen LogP contribution in [0.1, 0.15) is 13.8 Å². The summed E-state index contributed by atoms with van der Waals surface area (Å²) in [6.07, 6.45) is 0. The Labute approximate surface area is 131 Å². The van der Waals surface area contributed by atoms with E-state index in [-0.39, 0.29) is 17.9 Å². The van der Waals surface area contributed by atoms with Crippen molar-refractivity contribution >= 4 is 23.2 Å². The molecule has 21 heavy (non-hydrogen) atoms. The Balaban J connectivity index is 2.64. The fourth-order valence-electron chi connectivity index (χ4n) is 2.06. The highest BCUT2D eigenvalue weighted by molar-refractivity contribution is 6.31. The summed E-state index contributed by atoms with van der Waals surface area (Å²) in [6, 6.07) is 5.10. The van der Waals surface area contributed by atoms with Crippen LogP contribution in [0.25, 0.3) is 0 Å². The number of halogens is 1. The van der Waals surface area contributed by atoms with Gasteiger partial charge in [0.15, 0.2) is 0 Å². The quantitative estimate of drug-likeness (QED) is 0.810. The Morgan fingerprint density at radius 2 is 2.14 bits per heavy atom. The van der Waals surface area contributed by atoms with Crippen LogP contribution in [0.3, 0.4) is 0 Å². The number of nitrogens with two attached hydrogens (primary N) is 1. The van der Waals surface area contributed by atoms with E-state index >= 15 is 0 Å². The molecule has 3 N–H and O–H groups in total. The highest BCUT2D eigenvalue weighted by atomic mass is 35.5. The number of nitrogens with zero attached hydrogens (tertiary/aromatic N) is 1. The second-order valence-electron chi connectivity index (χ2n) is 5.93. The van der Waals surface area contributed by atoms with E-state index in [1.807, 2.05) is 11.9 Å². The Kier molecular flexibility index (Phi) is 6.45. The number of benzene rings is 1. The third-order valence-electron chi connectivity index (χ3n) is 3.10. The highest BCUT2D eigenvalue weighted by Crippen LogP contribution is 2.27. The van der Waals surface area contributed by atoms with Gasteiger partial charge < -0.3 is 15.8 Å². The third kappa shape index (κ3) is 5.91. The number of nitrogens with one attached hydrogen (secondary N) is 1. The lowest BCUT2D eigenvalue weighted by molar-refractivity contribution is -0.117. The maximum Gasteiger partial charge on any atom is 0.238 e. The second-order valence-corrected chi connectivity index (χ2v) is 6.37. The monoisotopic (exact) mass is 313 g/mol. The van der Waals surface area contributed by atoms with Crippen molar-refractivity contribution in [2.45, 2.75) is 13.8 Å². The van der Waals surface area contributed by atoms with E-state index in [1.165, 1.54) is 0 Å². The summed E-state index contributed by atoms with van der Waals surface area (Å²) in [7, 11) is 3.45. The number of ether oxygens (including phenoxy) is 1. The predicted octanol–water partition coefficient (Wildman–Crippen LogP) is 2.20. The van der Waals surface area contributed by atoms with Gasteiger partial charge in [0.25, 0.3) is 0 Å². The number of hydrogen-bond acceptors (Lipinski definition) is 4. The second kappa shape index (κ2) is 7.64. The SMILES string of the molecule is COc1ccc(Cl)cc1NC(=O)CN(C)CC(C)(C)CN. The minimum Gasteiger partial charge on any atom is -0.495 e. The van der Waals surface area contributed by atoms with Crippen LogP contribution in [-0.4, -0.2) is 44.6 Å². The van der Waals surface area contributed by atoms with Crippen molar-refractivity contribution in [1.82, 2.24) is 4.90 Å². The largest absolute Gasteiger partial charge is 0.495 e. The lowest BCUT2D eigenvalue weighted by Crippen LogP contribution is -2.40. The van der Waals surface area contributed by atoms with Crippen molar-refractivity contribution in [2.75, 3.05) is 39.1 Å². The maximum absolute atomic E-state index is 12.1. The summed E-state index contributed by atoms with van der Waals surface area (Å²) < 4.78 is 5.20. The molecule has 0 fully saturated rings. The number of hydrogen-bond donors (Lipinski definition) is 2. The topological polar surface area (TPSA) is 67.6 Å². The van der Waals surface area contributed by atoms with Crippen LogP contribution in [0.2, 0.25) is 5.02 Å². The van der Waals surface area contributed by atoms with Gasteiger partial charge in [0, 0.05) is 11.6 Å². The van der Waals surface area contributed by atoms with Gasteiger partial charge in [-0.05, 0) is 37.2 Å². The molecule has 1 rings (SSSR count). The summed E-state index contributed by atoms with van der Waals surface area (Å²) in [5.41, 5.74) is 6.25. The normalized spacial score (nSPS) is 11.6. The van der Waals surface area contributed by atoms with Crippen LogP contribution in [0.5, 0.6) is 5.75 Å². The zero-order valence-corrected chi connectivity index (χ0v) is 13.8. The molecule has 0 bridgehead atoms. The summed E-state index contributed by atoms with van der Waals surface area (Å²) in [5.74, 6) is 0.462. The number of rotatable bonds is 7. The molecule has 0 aliphatic carbocycles. The lowest BCUT2D eigenvalue weighted by atomic mass is 9.93. The first-order valence-electron chi connectivity index (χ1n) is 6.79. The van der Waals surface area contributed by atoms with Crippen molar-refractivity contribution in [3.05, 3.63) is 23.2 Å². The zero-order chi connectivity index (χ0) is 16.0. The number of carbonyl (C=O) groups is 1. The lowest BCUT2D eigenvalue weighted by Gasteiger charge is -2.28. The van der Waals surface area contributed by atoms with E-state index in [4.69, 9.17) is 22.1 Å². The van der Waals surface area contributed by atoms with E-state index in [1.54, 1.807) is 25.3 Å². The highest BCUT2D eigenvalue weighted by Gasteiger charge is 2.19. The fraction of sp³-hybridized carbons (Fsp3) is 0.533. The van der Waals surface area contributed by atoms with Gasteiger partial charge in [0.05, 0.1) is 19.3 Å². The number of carbonyl (C=O) groups excluding carboxylic acids is 1. The molecule has 0 aromatic heterocycles. The van der Waals surface area contributed by atoms with Crippen LogP contribution in [0, 0.1) is 5.41 Å². The van der Waals surface area contributed by atoms with Gasteiger partial charge >= 0.3 is 0 Å². The van der Waals surface area contributed by atoms with E-state index in [0.717, 1.165) is 6.54 Å². The molecule has 0 radical (unpaired) electrons. The van der Waals surface area contributed by atoms with Gasteiger partial charge in [0.1, 0.15) is 5.75 Å². The summed E-state index contributed by atoms with van der Waals surface area (Å²) in [5, 5.41) is 3.36. The molecule has 0 spiro atoms. The molecular weight excluding hydrogens is 290 g/mol. The number of anilines is 1. The molecule has 0 unspecified atom stereocenters. The van der Waals surface area contributed by atoms with Crippen LogP contribution >= 0.6 is 11.6 Å². The minimum atomic E-state index is -0.120. The standard InChI is InChI=1S/C15H24ClN3O2/c1-15(2,9-17)10-19(3)8-14(20)18-12-7-11(16)5-6-13(12)21-4/h5-7H,8-10,17H2,1-4H3,(H,18,20). The van der Waals surface area contributed by atoms with Gasteiger partial charge in [-0.15, -0.1) is 0 Å². The van der Waals surface area contributed by atoms with Crippen LogP contribution in [0.15, 0.2) is 18.2 Å². The predicted molar refractivity (Wildman–Crippen MR) is 87.0 cm³/mol. The van der Waals surface area contributed by atoms with Crippen molar-refractivity contribution in [3.63, 3.8) is 0 Å². The van der Waals surface area contributed by atoms with E-state index in [0.29, 0.717) is 23.0 Å². The molecule has 0 heterocycles.